The highest BCUT2D eigenvalue weighted by Crippen LogP contribution is 2.45. The summed E-state index contributed by atoms with van der Waals surface area (Å²) in [6.45, 7) is 3.72. The molecule has 3 nitrogen and oxygen atoms in total. The van der Waals surface area contributed by atoms with E-state index in [4.69, 9.17) is 11.6 Å². The Balaban J connectivity index is 2.57. The molecule has 0 N–H and O–H groups in total. The highest BCUT2D eigenvalue weighted by Gasteiger charge is 2.30. The molecule has 0 aliphatic heterocycles. The Kier molecular flexibility index (Phi) is 4.70. The lowest BCUT2D eigenvalue weighted by atomic mass is 9.89. The molecule has 0 bridgehead atoms. The van der Waals surface area contributed by atoms with Crippen LogP contribution < -0.4 is 0 Å². The van der Waals surface area contributed by atoms with Gasteiger partial charge in [0.25, 0.3) is 5.91 Å². The Morgan fingerprint density at radius 3 is 2.70 bits per heavy atom. The largest absolute Gasteiger partial charge is 0.271 e. The van der Waals surface area contributed by atoms with Gasteiger partial charge in [-0.25, -0.2) is 4.39 Å². The number of carbonyl (C=O) groups excluding carboxylic acids is 1. The number of benzene rings is 1. The van der Waals surface area contributed by atoms with Gasteiger partial charge in [-0.15, -0.1) is 4.36 Å². The predicted molar refractivity (Wildman–Crippen MR) is 76.8 cm³/mol. The van der Waals surface area contributed by atoms with Crippen molar-refractivity contribution in [3.05, 3.63) is 33.6 Å². The van der Waals surface area contributed by atoms with Crippen LogP contribution in [0.4, 0.5) is 4.39 Å². The van der Waals surface area contributed by atoms with Crippen molar-refractivity contribution in [2.75, 3.05) is 0 Å². The highest BCUT2D eigenvalue weighted by atomic mass is 35.5. The van der Waals surface area contributed by atoms with Gasteiger partial charge in [0, 0.05) is 0 Å². The summed E-state index contributed by atoms with van der Waals surface area (Å²) in [5.41, 5.74) is 2.06. The van der Waals surface area contributed by atoms with Crippen LogP contribution in [-0.2, 0) is 22.7 Å². The molecule has 0 spiro atoms. The summed E-state index contributed by atoms with van der Waals surface area (Å²) in [6, 6.07) is 1.62. The number of nitrogens with zero attached hydrogens (tertiary/aromatic N) is 1. The minimum Gasteiger partial charge on any atom is -0.271 e. The number of rotatable bonds is 4. The van der Waals surface area contributed by atoms with Gasteiger partial charge in [0.05, 0.1) is 11.4 Å². The van der Waals surface area contributed by atoms with E-state index in [-0.39, 0.29) is 28.8 Å². The first-order chi connectivity index (χ1) is 9.45. The fourth-order valence-electron chi connectivity index (χ4n) is 2.49. The Labute approximate surface area is 125 Å². The zero-order valence-corrected chi connectivity index (χ0v) is 12.9. The van der Waals surface area contributed by atoms with Crippen molar-refractivity contribution in [3.8, 4) is 0 Å². The van der Waals surface area contributed by atoms with Crippen molar-refractivity contribution < 1.29 is 13.4 Å². The zero-order valence-electron chi connectivity index (χ0n) is 11.3. The van der Waals surface area contributed by atoms with E-state index in [0.717, 1.165) is 18.4 Å². The lowest BCUT2D eigenvalue weighted by Gasteiger charge is -2.18. The van der Waals surface area contributed by atoms with E-state index in [0.29, 0.717) is 17.0 Å². The van der Waals surface area contributed by atoms with Gasteiger partial charge < -0.3 is 0 Å². The Morgan fingerprint density at radius 1 is 1.55 bits per heavy atom. The minimum atomic E-state index is -0.532. The molecule has 0 unspecified atom stereocenters. The summed E-state index contributed by atoms with van der Waals surface area (Å²) in [6.07, 6.45) is 2.00. The van der Waals surface area contributed by atoms with Gasteiger partial charge in [-0.2, -0.15) is 4.21 Å². The van der Waals surface area contributed by atoms with Crippen molar-refractivity contribution >= 4 is 29.0 Å². The van der Waals surface area contributed by atoms with E-state index in [1.165, 1.54) is 0 Å². The summed E-state index contributed by atoms with van der Waals surface area (Å²) < 4.78 is 27.9. The van der Waals surface area contributed by atoms with Crippen molar-refractivity contribution in [1.82, 2.24) is 0 Å². The fourth-order valence-corrected chi connectivity index (χ4v) is 2.85. The van der Waals surface area contributed by atoms with E-state index in [2.05, 4.69) is 4.36 Å². The molecule has 0 saturated heterocycles. The van der Waals surface area contributed by atoms with Crippen LogP contribution in [0.2, 0.25) is 5.02 Å². The molecule has 1 amide bonds. The first-order valence-electron chi connectivity index (χ1n) is 6.49. The van der Waals surface area contributed by atoms with Crippen LogP contribution in [0, 0.1) is 5.82 Å². The summed E-state index contributed by atoms with van der Waals surface area (Å²) in [5, 5.41) is 0.0990. The van der Waals surface area contributed by atoms with Crippen LogP contribution in [0.1, 0.15) is 55.2 Å². The van der Waals surface area contributed by atoms with Crippen molar-refractivity contribution in [1.29, 1.82) is 0 Å². The lowest BCUT2D eigenvalue weighted by molar-refractivity contribution is -0.117. The monoisotopic (exact) mass is 315 g/mol. The summed E-state index contributed by atoms with van der Waals surface area (Å²) in [7, 11) is 0. The van der Waals surface area contributed by atoms with Crippen LogP contribution in [0.25, 0.3) is 0 Å². The maximum atomic E-state index is 14.3. The van der Waals surface area contributed by atoms with E-state index in [1.54, 1.807) is 6.07 Å². The van der Waals surface area contributed by atoms with Crippen LogP contribution in [0.5, 0.6) is 0 Å². The third-order valence-corrected chi connectivity index (χ3v) is 4.02. The predicted octanol–water partition coefficient (Wildman–Crippen LogP) is 3.95. The normalized spacial score (nSPS) is 14.4. The second-order valence-electron chi connectivity index (χ2n) is 5.32. The average Bonchev–Trinajstić information content (AvgIpc) is 3.17. The van der Waals surface area contributed by atoms with Crippen molar-refractivity contribution in [3.63, 3.8) is 0 Å². The van der Waals surface area contributed by atoms with Crippen LogP contribution >= 0.6 is 11.6 Å². The van der Waals surface area contributed by atoms with Crippen molar-refractivity contribution in [2.24, 2.45) is 4.36 Å². The van der Waals surface area contributed by atoms with Crippen molar-refractivity contribution in [2.45, 2.75) is 44.9 Å². The lowest BCUT2D eigenvalue weighted by Crippen LogP contribution is -2.10. The topological polar surface area (TPSA) is 46.5 Å². The number of amides is 1. The molecule has 1 aromatic carbocycles. The molecule has 0 atom stereocenters. The molecular formula is C14H15ClFNO2S. The molecule has 1 aromatic rings. The molecule has 6 heteroatoms. The summed E-state index contributed by atoms with van der Waals surface area (Å²) in [5.74, 6) is -0.749. The molecule has 0 heterocycles. The molecule has 0 aromatic heterocycles. The van der Waals surface area contributed by atoms with Gasteiger partial charge in [0.15, 0.2) is 0 Å². The second kappa shape index (κ2) is 6.14. The SMILES string of the molecule is CC(C)c1c(F)c(Cl)cc(C2CC2)c1CC(=O)N=S=O. The Bertz CT molecular complexity index is 608. The second-order valence-corrected chi connectivity index (χ2v) is 6.06. The number of halogens is 2. The van der Waals surface area contributed by atoms with Gasteiger partial charge in [-0.1, -0.05) is 25.4 Å². The van der Waals surface area contributed by atoms with Crippen LogP contribution in [0.3, 0.4) is 0 Å². The average molecular weight is 316 g/mol. The van der Waals surface area contributed by atoms with E-state index >= 15 is 0 Å². The zero-order chi connectivity index (χ0) is 14.9. The molecule has 1 fully saturated rings. The van der Waals surface area contributed by atoms with Gasteiger partial charge in [-0.05, 0) is 47.4 Å². The maximum Gasteiger partial charge on any atom is 0.263 e. The van der Waals surface area contributed by atoms with Gasteiger partial charge in [0.2, 0.25) is 11.5 Å². The van der Waals surface area contributed by atoms with Crippen LogP contribution in [0.15, 0.2) is 10.4 Å². The number of hydrogen-bond acceptors (Lipinski definition) is 2. The first kappa shape index (κ1) is 15.3. The van der Waals surface area contributed by atoms with Crippen LogP contribution in [-0.4, -0.2) is 10.1 Å². The third kappa shape index (κ3) is 3.15. The quantitative estimate of drug-likeness (QED) is 0.844. The summed E-state index contributed by atoms with van der Waals surface area (Å²) >= 11 is 5.85. The van der Waals surface area contributed by atoms with Gasteiger partial charge in [0.1, 0.15) is 5.82 Å². The number of hydrogen-bond donors (Lipinski definition) is 0. The van der Waals surface area contributed by atoms with Gasteiger partial charge in [-0.3, -0.25) is 4.79 Å². The Morgan fingerprint density at radius 2 is 2.20 bits per heavy atom. The molecule has 1 saturated carbocycles. The molecule has 1 aliphatic carbocycles. The third-order valence-electron chi connectivity index (χ3n) is 3.46. The highest BCUT2D eigenvalue weighted by molar-refractivity contribution is 7.55. The van der Waals surface area contributed by atoms with Gasteiger partial charge >= 0.3 is 0 Å². The number of carbonyl (C=O) groups is 1. The molecule has 2 rings (SSSR count). The Hall–Kier alpha value is -1.07. The van der Waals surface area contributed by atoms with E-state index < -0.39 is 11.7 Å². The standard InChI is InChI=1S/C14H15ClFNO2S/c1-7(2)13-10(6-12(18)17-20-19)9(8-3-4-8)5-11(15)14(13)16/h5,7-8H,3-4,6H2,1-2H3. The fraction of sp³-hybridized carbons (Fsp3) is 0.500. The smallest absolute Gasteiger partial charge is 0.263 e. The molecule has 20 heavy (non-hydrogen) atoms. The first-order valence-corrected chi connectivity index (χ1v) is 7.56. The van der Waals surface area contributed by atoms with E-state index in [1.807, 2.05) is 13.8 Å². The summed E-state index contributed by atoms with van der Waals surface area (Å²) in [4.78, 5) is 11.6. The molecule has 0 radical (unpaired) electrons. The molecule has 1 aliphatic rings. The molecule has 108 valence electrons. The molecular weight excluding hydrogens is 301 g/mol. The maximum absolute atomic E-state index is 14.3. The van der Waals surface area contributed by atoms with E-state index in [9.17, 15) is 13.4 Å². The minimum absolute atomic E-state index is 0.0390.